The number of benzene rings is 1. The summed E-state index contributed by atoms with van der Waals surface area (Å²) in [6, 6.07) is 11.7. The molecule has 0 saturated carbocycles. The first kappa shape index (κ1) is 14.9. The smallest absolute Gasteiger partial charge is 0.232 e. The van der Waals surface area contributed by atoms with Crippen LogP contribution in [0.15, 0.2) is 45.2 Å². The summed E-state index contributed by atoms with van der Waals surface area (Å²) < 4.78 is 24.1. The van der Waals surface area contributed by atoms with Crippen LogP contribution in [0.5, 0.6) is 0 Å². The van der Waals surface area contributed by atoms with Crippen LogP contribution in [0, 0.1) is 17.1 Å². The van der Waals surface area contributed by atoms with E-state index >= 15 is 0 Å². The van der Waals surface area contributed by atoms with Gasteiger partial charge in [-0.1, -0.05) is 6.92 Å². The monoisotopic (exact) mass is 311 g/mol. The molecule has 0 unspecified atom stereocenters. The molecule has 1 N–H and O–H groups in total. The van der Waals surface area contributed by atoms with E-state index in [1.807, 2.05) is 25.1 Å². The van der Waals surface area contributed by atoms with Gasteiger partial charge >= 0.3 is 0 Å². The van der Waals surface area contributed by atoms with Crippen LogP contribution in [0.2, 0.25) is 0 Å². The molecule has 0 amide bonds. The Hall–Kier alpha value is -3.07. The van der Waals surface area contributed by atoms with E-state index in [4.69, 9.17) is 14.1 Å². The number of halogens is 1. The van der Waals surface area contributed by atoms with E-state index in [2.05, 4.69) is 10.3 Å². The van der Waals surface area contributed by atoms with Crippen LogP contribution in [0.25, 0.3) is 11.3 Å². The van der Waals surface area contributed by atoms with E-state index in [0.29, 0.717) is 36.3 Å². The third kappa shape index (κ3) is 3.24. The van der Waals surface area contributed by atoms with Gasteiger partial charge in [-0.25, -0.2) is 9.37 Å². The highest BCUT2D eigenvalue weighted by molar-refractivity contribution is 5.57. The summed E-state index contributed by atoms with van der Waals surface area (Å²) in [5.74, 6) is 1.87. The SMILES string of the molecule is CCc1nc(C#N)c(NCc2ccc(-c3ccc(F)cc3)o2)o1. The molecule has 3 rings (SSSR count). The van der Waals surface area contributed by atoms with Crippen molar-refractivity contribution < 1.29 is 13.2 Å². The van der Waals surface area contributed by atoms with Gasteiger partial charge in [0.15, 0.2) is 5.89 Å². The number of hydrogen-bond acceptors (Lipinski definition) is 5. The summed E-state index contributed by atoms with van der Waals surface area (Å²) in [6.07, 6.45) is 0.617. The van der Waals surface area contributed by atoms with Crippen molar-refractivity contribution >= 4 is 5.88 Å². The van der Waals surface area contributed by atoms with Crippen molar-refractivity contribution in [3.8, 4) is 17.4 Å². The van der Waals surface area contributed by atoms with Crippen LogP contribution in [-0.2, 0) is 13.0 Å². The highest BCUT2D eigenvalue weighted by atomic mass is 19.1. The summed E-state index contributed by atoms with van der Waals surface area (Å²) in [5, 5.41) is 12.0. The summed E-state index contributed by atoms with van der Waals surface area (Å²) >= 11 is 0. The Morgan fingerprint density at radius 2 is 1.96 bits per heavy atom. The van der Waals surface area contributed by atoms with Gasteiger partial charge in [-0.15, -0.1) is 0 Å². The maximum absolute atomic E-state index is 12.9. The Labute approximate surface area is 132 Å². The molecule has 6 heteroatoms. The first-order valence-corrected chi connectivity index (χ1v) is 7.18. The van der Waals surface area contributed by atoms with E-state index in [0.717, 1.165) is 5.56 Å². The number of furan rings is 1. The maximum atomic E-state index is 12.9. The fourth-order valence-corrected chi connectivity index (χ4v) is 2.12. The molecule has 0 saturated heterocycles. The van der Waals surface area contributed by atoms with Gasteiger partial charge in [0.2, 0.25) is 11.6 Å². The molecule has 1 aromatic carbocycles. The first-order valence-electron chi connectivity index (χ1n) is 7.18. The summed E-state index contributed by atoms with van der Waals surface area (Å²) in [5.41, 5.74) is 1.02. The van der Waals surface area contributed by atoms with E-state index in [9.17, 15) is 4.39 Å². The van der Waals surface area contributed by atoms with Gasteiger partial charge in [0.1, 0.15) is 23.4 Å². The molecule has 0 aliphatic heterocycles. The molecule has 0 fully saturated rings. The van der Waals surface area contributed by atoms with Crippen molar-refractivity contribution in [1.29, 1.82) is 5.26 Å². The number of anilines is 1. The minimum absolute atomic E-state index is 0.229. The number of aromatic nitrogens is 1. The predicted octanol–water partition coefficient (Wildman–Crippen LogP) is 4.12. The second kappa shape index (κ2) is 6.36. The van der Waals surface area contributed by atoms with Crippen LogP contribution >= 0.6 is 0 Å². The lowest BCUT2D eigenvalue weighted by Crippen LogP contribution is -1.98. The van der Waals surface area contributed by atoms with Gasteiger partial charge in [-0.2, -0.15) is 5.26 Å². The molecule has 0 spiro atoms. The Morgan fingerprint density at radius 1 is 1.17 bits per heavy atom. The molecule has 0 aliphatic carbocycles. The van der Waals surface area contributed by atoms with Gasteiger partial charge < -0.3 is 14.2 Å². The van der Waals surface area contributed by atoms with Gasteiger partial charge in [0.25, 0.3) is 0 Å². The Balaban J connectivity index is 1.71. The van der Waals surface area contributed by atoms with E-state index in [1.54, 1.807) is 12.1 Å². The molecule has 5 nitrogen and oxygen atoms in total. The number of oxazole rings is 1. The molecule has 2 heterocycles. The lowest BCUT2D eigenvalue weighted by Gasteiger charge is -2.00. The Morgan fingerprint density at radius 3 is 2.65 bits per heavy atom. The van der Waals surface area contributed by atoms with E-state index in [1.165, 1.54) is 12.1 Å². The third-order valence-corrected chi connectivity index (χ3v) is 3.29. The van der Waals surface area contributed by atoms with Gasteiger partial charge in [-0.3, -0.25) is 0 Å². The Bertz CT molecular complexity index is 844. The summed E-state index contributed by atoms with van der Waals surface area (Å²) in [6.45, 7) is 2.26. The summed E-state index contributed by atoms with van der Waals surface area (Å²) in [7, 11) is 0. The largest absolute Gasteiger partial charge is 0.459 e. The van der Waals surface area contributed by atoms with Crippen LogP contribution < -0.4 is 5.32 Å². The second-order valence-corrected chi connectivity index (χ2v) is 4.88. The maximum Gasteiger partial charge on any atom is 0.232 e. The average molecular weight is 311 g/mol. The van der Waals surface area contributed by atoms with Gasteiger partial charge in [-0.05, 0) is 36.4 Å². The predicted molar refractivity (Wildman–Crippen MR) is 82.0 cm³/mol. The van der Waals surface area contributed by atoms with E-state index in [-0.39, 0.29) is 11.5 Å². The summed E-state index contributed by atoms with van der Waals surface area (Å²) in [4.78, 5) is 4.06. The molecule has 0 bridgehead atoms. The molecule has 3 aromatic rings. The number of hydrogen-bond donors (Lipinski definition) is 1. The zero-order valence-corrected chi connectivity index (χ0v) is 12.5. The van der Waals surface area contributed by atoms with Crippen LogP contribution in [0.1, 0.15) is 24.3 Å². The zero-order valence-electron chi connectivity index (χ0n) is 12.5. The minimum atomic E-state index is -0.289. The topological polar surface area (TPSA) is 75.0 Å². The molecular weight excluding hydrogens is 297 g/mol. The van der Waals surface area contributed by atoms with Gasteiger partial charge in [0.05, 0.1) is 6.54 Å². The number of aryl methyl sites for hydroxylation is 1. The number of rotatable bonds is 5. The zero-order chi connectivity index (χ0) is 16.2. The fourth-order valence-electron chi connectivity index (χ4n) is 2.12. The average Bonchev–Trinajstić information content (AvgIpc) is 3.20. The molecule has 0 radical (unpaired) electrons. The molecule has 23 heavy (non-hydrogen) atoms. The number of nitrogens with zero attached hydrogens (tertiary/aromatic N) is 2. The van der Waals surface area contributed by atoms with E-state index < -0.39 is 0 Å². The van der Waals surface area contributed by atoms with Crippen molar-refractivity contribution in [2.24, 2.45) is 0 Å². The second-order valence-electron chi connectivity index (χ2n) is 4.88. The molecule has 0 atom stereocenters. The van der Waals surface area contributed by atoms with Crippen molar-refractivity contribution in [3.05, 3.63) is 59.6 Å². The van der Waals surface area contributed by atoms with Crippen molar-refractivity contribution in [2.75, 3.05) is 5.32 Å². The van der Waals surface area contributed by atoms with Crippen molar-refractivity contribution in [3.63, 3.8) is 0 Å². The lowest BCUT2D eigenvalue weighted by molar-refractivity contribution is 0.500. The third-order valence-electron chi connectivity index (χ3n) is 3.29. The fraction of sp³-hybridized carbons (Fsp3) is 0.176. The van der Waals surface area contributed by atoms with Crippen LogP contribution in [0.3, 0.4) is 0 Å². The Kier molecular flexibility index (Phi) is 4.11. The molecule has 0 aliphatic rings. The first-order chi connectivity index (χ1) is 11.2. The highest BCUT2D eigenvalue weighted by Gasteiger charge is 2.12. The lowest BCUT2D eigenvalue weighted by atomic mass is 10.2. The van der Waals surface area contributed by atoms with Crippen molar-refractivity contribution in [2.45, 2.75) is 19.9 Å². The number of nitrogens with one attached hydrogen (secondary N) is 1. The normalized spacial score (nSPS) is 10.5. The minimum Gasteiger partial charge on any atom is -0.459 e. The molecule has 116 valence electrons. The van der Waals surface area contributed by atoms with Crippen LogP contribution in [0.4, 0.5) is 10.3 Å². The van der Waals surface area contributed by atoms with Crippen LogP contribution in [-0.4, -0.2) is 4.98 Å². The van der Waals surface area contributed by atoms with Crippen molar-refractivity contribution in [1.82, 2.24) is 4.98 Å². The number of nitriles is 1. The molecular formula is C17H14FN3O2. The highest BCUT2D eigenvalue weighted by Crippen LogP contribution is 2.24. The van der Waals surface area contributed by atoms with Gasteiger partial charge in [0, 0.05) is 12.0 Å². The quantitative estimate of drug-likeness (QED) is 0.767. The standard InChI is InChI=1S/C17H14FN3O2/c1-2-16-21-14(9-19)17(23-16)20-10-13-7-8-15(22-13)11-3-5-12(18)6-4-11/h3-8,20H,2,10H2,1H3. The molecule has 2 aromatic heterocycles.